The van der Waals surface area contributed by atoms with Gasteiger partial charge in [-0.2, -0.15) is 0 Å². The van der Waals surface area contributed by atoms with Crippen molar-refractivity contribution in [3.05, 3.63) is 89.2 Å². The minimum atomic E-state index is -3.97. The van der Waals surface area contributed by atoms with Gasteiger partial charge in [0, 0.05) is 10.2 Å². The van der Waals surface area contributed by atoms with E-state index in [2.05, 4.69) is 21.2 Å². The van der Waals surface area contributed by atoms with Gasteiger partial charge in [-0.25, -0.2) is 12.8 Å². The first kappa shape index (κ1) is 20.0. The molecule has 0 aliphatic carbocycles. The van der Waals surface area contributed by atoms with Crippen molar-refractivity contribution in [3.63, 3.8) is 0 Å². The molecule has 3 aromatic carbocycles. The van der Waals surface area contributed by atoms with Crippen LogP contribution in [0.25, 0.3) is 0 Å². The van der Waals surface area contributed by atoms with Gasteiger partial charge < -0.3 is 5.32 Å². The molecule has 0 heterocycles. The Morgan fingerprint density at radius 1 is 0.964 bits per heavy atom. The maximum absolute atomic E-state index is 13.2. The maximum atomic E-state index is 13.2. The topological polar surface area (TPSA) is 66.5 Å². The Balaban J connectivity index is 1.92. The average molecular weight is 463 g/mol. The van der Waals surface area contributed by atoms with Crippen molar-refractivity contribution >= 4 is 43.2 Å². The summed E-state index contributed by atoms with van der Waals surface area (Å²) in [7, 11) is -3.97. The van der Waals surface area contributed by atoms with Crippen molar-refractivity contribution in [3.8, 4) is 0 Å². The number of carbonyl (C=O) groups excluding carboxylic acids is 1. The lowest BCUT2D eigenvalue weighted by molar-refractivity contribution is -0.114. The Labute approximate surface area is 171 Å². The van der Waals surface area contributed by atoms with Crippen molar-refractivity contribution in [1.82, 2.24) is 0 Å². The summed E-state index contributed by atoms with van der Waals surface area (Å²) >= 11 is 3.32. The molecule has 0 aliphatic heterocycles. The molecule has 0 radical (unpaired) electrons. The van der Waals surface area contributed by atoms with Gasteiger partial charge in [-0.1, -0.05) is 40.2 Å². The van der Waals surface area contributed by atoms with Gasteiger partial charge in [-0.05, 0) is 54.6 Å². The Morgan fingerprint density at radius 3 is 2.29 bits per heavy atom. The Morgan fingerprint density at radius 2 is 1.64 bits per heavy atom. The van der Waals surface area contributed by atoms with Crippen LogP contribution in [-0.4, -0.2) is 20.9 Å². The van der Waals surface area contributed by atoms with Crippen LogP contribution < -0.4 is 9.62 Å². The van der Waals surface area contributed by atoms with Crippen LogP contribution in [0.5, 0.6) is 0 Å². The maximum Gasteiger partial charge on any atom is 0.264 e. The second-order valence-corrected chi connectivity index (χ2v) is 8.64. The number of hydrogen-bond donors (Lipinski definition) is 1. The zero-order valence-corrected chi connectivity index (χ0v) is 17.0. The van der Waals surface area contributed by atoms with Crippen molar-refractivity contribution in [1.29, 1.82) is 0 Å². The summed E-state index contributed by atoms with van der Waals surface area (Å²) in [4.78, 5) is 12.6. The summed E-state index contributed by atoms with van der Waals surface area (Å²) in [6.07, 6.45) is 0. The molecule has 0 bridgehead atoms. The van der Waals surface area contributed by atoms with E-state index in [1.165, 1.54) is 36.4 Å². The molecule has 3 aromatic rings. The van der Waals surface area contributed by atoms with Gasteiger partial charge in [-0.15, -0.1) is 0 Å². The van der Waals surface area contributed by atoms with Gasteiger partial charge in [0.1, 0.15) is 12.4 Å². The fraction of sp³-hybridized carbons (Fsp3) is 0.0500. The second-order valence-electron chi connectivity index (χ2n) is 5.86. The van der Waals surface area contributed by atoms with Gasteiger partial charge in [-0.3, -0.25) is 9.10 Å². The number of carbonyl (C=O) groups is 1. The number of nitrogens with one attached hydrogen (secondary N) is 1. The van der Waals surface area contributed by atoms with E-state index in [9.17, 15) is 17.6 Å². The summed E-state index contributed by atoms with van der Waals surface area (Å²) in [5, 5.41) is 2.58. The van der Waals surface area contributed by atoms with E-state index in [-0.39, 0.29) is 4.90 Å². The minimum Gasteiger partial charge on any atom is -0.325 e. The van der Waals surface area contributed by atoms with Crippen LogP contribution in [0.3, 0.4) is 0 Å². The zero-order chi connectivity index (χ0) is 20.1. The van der Waals surface area contributed by atoms with E-state index in [1.807, 2.05) is 0 Å². The molecule has 0 unspecified atom stereocenters. The predicted molar refractivity (Wildman–Crippen MR) is 110 cm³/mol. The molecule has 5 nitrogen and oxygen atoms in total. The highest BCUT2D eigenvalue weighted by Crippen LogP contribution is 2.26. The van der Waals surface area contributed by atoms with E-state index in [0.717, 1.165) is 4.31 Å². The van der Waals surface area contributed by atoms with Crippen LogP contribution in [0.2, 0.25) is 0 Å². The molecular weight excluding hydrogens is 447 g/mol. The van der Waals surface area contributed by atoms with E-state index in [0.29, 0.717) is 15.8 Å². The van der Waals surface area contributed by atoms with Gasteiger partial charge in [0.05, 0.1) is 10.6 Å². The molecule has 0 aliphatic rings. The largest absolute Gasteiger partial charge is 0.325 e. The molecule has 28 heavy (non-hydrogen) atoms. The fourth-order valence-electron chi connectivity index (χ4n) is 2.53. The fourth-order valence-corrected chi connectivity index (χ4v) is 4.35. The lowest BCUT2D eigenvalue weighted by Gasteiger charge is -2.24. The zero-order valence-electron chi connectivity index (χ0n) is 14.5. The highest BCUT2D eigenvalue weighted by atomic mass is 79.9. The third-order valence-electron chi connectivity index (χ3n) is 3.84. The summed E-state index contributed by atoms with van der Waals surface area (Å²) in [6.45, 7) is -0.439. The van der Waals surface area contributed by atoms with Crippen molar-refractivity contribution in [2.75, 3.05) is 16.2 Å². The molecule has 144 valence electrons. The Bertz CT molecular complexity index is 1070. The molecule has 1 N–H and O–H groups in total. The van der Waals surface area contributed by atoms with Crippen LogP contribution in [-0.2, 0) is 14.8 Å². The summed E-state index contributed by atoms with van der Waals surface area (Å²) in [5.74, 6) is -0.980. The van der Waals surface area contributed by atoms with Gasteiger partial charge in [0.2, 0.25) is 5.91 Å². The average Bonchev–Trinajstić information content (AvgIpc) is 2.68. The second kappa shape index (κ2) is 8.53. The first-order chi connectivity index (χ1) is 13.4. The van der Waals surface area contributed by atoms with Crippen molar-refractivity contribution < 1.29 is 17.6 Å². The Hall–Kier alpha value is -2.71. The van der Waals surface area contributed by atoms with E-state index < -0.39 is 28.3 Å². The van der Waals surface area contributed by atoms with Gasteiger partial charge in [0.25, 0.3) is 10.0 Å². The molecule has 0 saturated heterocycles. The quantitative estimate of drug-likeness (QED) is 0.589. The number of hydrogen-bond acceptors (Lipinski definition) is 3. The molecule has 0 fully saturated rings. The number of amides is 1. The van der Waals surface area contributed by atoms with Crippen LogP contribution >= 0.6 is 15.9 Å². The predicted octanol–water partition coefficient (Wildman–Crippen LogP) is 4.42. The van der Waals surface area contributed by atoms with Crippen LogP contribution in [0, 0.1) is 5.82 Å². The van der Waals surface area contributed by atoms with E-state index >= 15 is 0 Å². The van der Waals surface area contributed by atoms with Crippen molar-refractivity contribution in [2.45, 2.75) is 4.90 Å². The molecule has 1 amide bonds. The summed E-state index contributed by atoms with van der Waals surface area (Å²) < 4.78 is 41.1. The van der Waals surface area contributed by atoms with Crippen LogP contribution in [0.15, 0.2) is 88.2 Å². The monoisotopic (exact) mass is 462 g/mol. The molecular formula is C20H16BrFN2O3S. The number of anilines is 2. The minimum absolute atomic E-state index is 0.0737. The van der Waals surface area contributed by atoms with Gasteiger partial charge in [0.15, 0.2) is 0 Å². The summed E-state index contributed by atoms with van der Waals surface area (Å²) in [6, 6.07) is 19.8. The highest BCUT2D eigenvalue weighted by molar-refractivity contribution is 9.10. The van der Waals surface area contributed by atoms with E-state index in [1.54, 1.807) is 42.5 Å². The number of sulfonamides is 1. The van der Waals surface area contributed by atoms with Gasteiger partial charge >= 0.3 is 0 Å². The molecule has 0 saturated carbocycles. The first-order valence-corrected chi connectivity index (χ1v) is 10.5. The standard InChI is InChI=1S/C20H16BrFN2O3S/c21-15-5-4-6-18(13-15)24(28(26,27)19-7-2-1-3-8-19)14-20(25)23-17-11-9-16(22)10-12-17/h1-13H,14H2,(H,23,25). The number of nitrogens with zero attached hydrogens (tertiary/aromatic N) is 1. The third kappa shape index (κ3) is 4.76. The molecule has 3 rings (SSSR count). The molecule has 0 aromatic heterocycles. The van der Waals surface area contributed by atoms with Crippen LogP contribution in [0.1, 0.15) is 0 Å². The highest BCUT2D eigenvalue weighted by Gasteiger charge is 2.27. The molecule has 0 spiro atoms. The molecule has 8 heteroatoms. The normalized spacial score (nSPS) is 11.1. The third-order valence-corrected chi connectivity index (χ3v) is 6.12. The lowest BCUT2D eigenvalue weighted by atomic mass is 10.3. The first-order valence-electron chi connectivity index (χ1n) is 8.25. The molecule has 0 atom stereocenters. The number of rotatable bonds is 6. The van der Waals surface area contributed by atoms with Crippen molar-refractivity contribution in [2.24, 2.45) is 0 Å². The number of benzene rings is 3. The number of halogens is 2. The summed E-state index contributed by atoms with van der Waals surface area (Å²) in [5.41, 5.74) is 0.713. The smallest absolute Gasteiger partial charge is 0.264 e. The van der Waals surface area contributed by atoms with E-state index in [4.69, 9.17) is 0 Å². The SMILES string of the molecule is O=C(CN(c1cccc(Br)c1)S(=O)(=O)c1ccccc1)Nc1ccc(F)cc1. The Kier molecular flexibility index (Phi) is 6.11. The lowest BCUT2D eigenvalue weighted by Crippen LogP contribution is -2.38. The van der Waals surface area contributed by atoms with Crippen LogP contribution in [0.4, 0.5) is 15.8 Å².